The summed E-state index contributed by atoms with van der Waals surface area (Å²) in [4.78, 5) is 0. The van der Waals surface area contributed by atoms with Crippen molar-refractivity contribution >= 4 is 21.6 Å². The van der Waals surface area contributed by atoms with E-state index in [9.17, 15) is 4.39 Å². The molecule has 2 aromatic rings. The molecule has 0 aliphatic rings. The van der Waals surface area contributed by atoms with E-state index < -0.39 is 0 Å². The fraction of sp³-hybridized carbons (Fsp3) is 0.200. The fourth-order valence-electron chi connectivity index (χ4n) is 1.76. The number of halogens is 2. The monoisotopic (exact) mass is 323 g/mol. The van der Waals surface area contributed by atoms with E-state index in [0.717, 1.165) is 22.1 Å². The number of nitrogen functional groups attached to an aromatic ring is 1. The standard InChI is InChI=1S/C15H15BrFNO/c16-13-6-5-12(14(17)9-13)10-19-8-7-11-3-1-2-4-15(11)18/h1-6,9H,7-8,10,18H2. The second kappa shape index (κ2) is 6.68. The Bertz CT molecular complexity index is 560. The second-order valence-corrected chi connectivity index (χ2v) is 5.15. The summed E-state index contributed by atoms with van der Waals surface area (Å²) in [7, 11) is 0. The molecule has 2 nitrogen and oxygen atoms in total. The first kappa shape index (κ1) is 14.0. The van der Waals surface area contributed by atoms with Gasteiger partial charge in [0, 0.05) is 15.7 Å². The minimum Gasteiger partial charge on any atom is -0.399 e. The van der Waals surface area contributed by atoms with Gasteiger partial charge in [-0.2, -0.15) is 0 Å². The molecule has 100 valence electrons. The van der Waals surface area contributed by atoms with Gasteiger partial charge in [-0.3, -0.25) is 0 Å². The summed E-state index contributed by atoms with van der Waals surface area (Å²) >= 11 is 3.22. The molecule has 0 spiro atoms. The molecule has 0 aromatic heterocycles. The zero-order valence-corrected chi connectivity index (χ0v) is 12.0. The molecule has 0 aliphatic heterocycles. The topological polar surface area (TPSA) is 35.2 Å². The van der Waals surface area contributed by atoms with Crippen LogP contribution in [-0.4, -0.2) is 6.61 Å². The fourth-order valence-corrected chi connectivity index (χ4v) is 2.10. The van der Waals surface area contributed by atoms with Gasteiger partial charge in [0.2, 0.25) is 0 Å². The number of benzene rings is 2. The van der Waals surface area contributed by atoms with Crippen molar-refractivity contribution in [1.29, 1.82) is 0 Å². The maximum atomic E-state index is 13.5. The Morgan fingerprint density at radius 3 is 2.63 bits per heavy atom. The molecule has 2 rings (SSSR count). The highest BCUT2D eigenvalue weighted by Gasteiger charge is 2.03. The highest BCUT2D eigenvalue weighted by atomic mass is 79.9. The number of hydrogen-bond acceptors (Lipinski definition) is 2. The molecule has 2 aromatic carbocycles. The van der Waals surface area contributed by atoms with Crippen LogP contribution in [0.1, 0.15) is 11.1 Å². The Labute approximate surface area is 120 Å². The molecular weight excluding hydrogens is 309 g/mol. The average molecular weight is 324 g/mol. The minimum absolute atomic E-state index is 0.256. The summed E-state index contributed by atoms with van der Waals surface area (Å²) in [6, 6.07) is 12.6. The van der Waals surface area contributed by atoms with Gasteiger partial charge in [-0.15, -0.1) is 0 Å². The van der Waals surface area contributed by atoms with Gasteiger partial charge in [0.05, 0.1) is 13.2 Å². The lowest BCUT2D eigenvalue weighted by Gasteiger charge is -2.07. The molecule has 0 atom stereocenters. The Morgan fingerprint density at radius 1 is 1.11 bits per heavy atom. The molecule has 0 bridgehead atoms. The van der Waals surface area contributed by atoms with E-state index in [2.05, 4.69) is 15.9 Å². The molecular formula is C15H15BrFNO. The van der Waals surface area contributed by atoms with Crippen LogP contribution in [0.5, 0.6) is 0 Å². The number of nitrogens with two attached hydrogens (primary N) is 1. The van der Waals surface area contributed by atoms with Crippen molar-refractivity contribution in [2.75, 3.05) is 12.3 Å². The van der Waals surface area contributed by atoms with Gasteiger partial charge in [0.25, 0.3) is 0 Å². The Balaban J connectivity index is 1.83. The third kappa shape index (κ3) is 4.04. The van der Waals surface area contributed by atoms with E-state index in [1.807, 2.05) is 24.3 Å². The number of ether oxygens (including phenoxy) is 1. The zero-order valence-electron chi connectivity index (χ0n) is 10.4. The van der Waals surface area contributed by atoms with Gasteiger partial charge in [0.15, 0.2) is 0 Å². The molecule has 0 heterocycles. The Morgan fingerprint density at radius 2 is 1.89 bits per heavy atom. The van der Waals surface area contributed by atoms with E-state index in [1.165, 1.54) is 6.07 Å². The molecule has 0 aliphatic carbocycles. The smallest absolute Gasteiger partial charge is 0.129 e. The molecule has 19 heavy (non-hydrogen) atoms. The van der Waals surface area contributed by atoms with Crippen molar-refractivity contribution in [2.45, 2.75) is 13.0 Å². The maximum Gasteiger partial charge on any atom is 0.129 e. The highest BCUT2D eigenvalue weighted by Crippen LogP contribution is 2.16. The van der Waals surface area contributed by atoms with Crippen LogP contribution in [0.4, 0.5) is 10.1 Å². The highest BCUT2D eigenvalue weighted by molar-refractivity contribution is 9.10. The summed E-state index contributed by atoms with van der Waals surface area (Å²) < 4.78 is 19.8. The minimum atomic E-state index is -0.256. The van der Waals surface area contributed by atoms with Crippen LogP contribution in [0.15, 0.2) is 46.9 Å². The van der Waals surface area contributed by atoms with Gasteiger partial charge >= 0.3 is 0 Å². The van der Waals surface area contributed by atoms with E-state index >= 15 is 0 Å². The molecule has 0 saturated carbocycles. The van der Waals surface area contributed by atoms with E-state index in [-0.39, 0.29) is 12.4 Å². The van der Waals surface area contributed by atoms with Crippen LogP contribution in [0, 0.1) is 5.82 Å². The largest absolute Gasteiger partial charge is 0.399 e. The van der Waals surface area contributed by atoms with E-state index in [1.54, 1.807) is 12.1 Å². The van der Waals surface area contributed by atoms with Crippen molar-refractivity contribution in [3.8, 4) is 0 Å². The Hall–Kier alpha value is -1.39. The first-order chi connectivity index (χ1) is 9.16. The van der Waals surface area contributed by atoms with Gasteiger partial charge in [-0.05, 0) is 30.2 Å². The van der Waals surface area contributed by atoms with Crippen LogP contribution in [0.25, 0.3) is 0 Å². The van der Waals surface area contributed by atoms with E-state index in [4.69, 9.17) is 10.5 Å². The molecule has 0 saturated heterocycles. The Kier molecular flexibility index (Phi) is 4.93. The summed E-state index contributed by atoms with van der Waals surface area (Å²) in [6.45, 7) is 0.787. The first-order valence-electron chi connectivity index (χ1n) is 6.02. The lowest BCUT2D eigenvalue weighted by atomic mass is 10.1. The van der Waals surface area contributed by atoms with Crippen molar-refractivity contribution in [2.24, 2.45) is 0 Å². The van der Waals surface area contributed by atoms with Crippen LogP contribution in [0.2, 0.25) is 0 Å². The molecule has 0 amide bonds. The first-order valence-corrected chi connectivity index (χ1v) is 6.81. The van der Waals surface area contributed by atoms with Gasteiger partial charge in [-0.1, -0.05) is 40.2 Å². The molecule has 0 fully saturated rings. The summed E-state index contributed by atoms with van der Waals surface area (Å²) in [5.74, 6) is -0.256. The second-order valence-electron chi connectivity index (χ2n) is 4.24. The van der Waals surface area contributed by atoms with Gasteiger partial charge in [-0.25, -0.2) is 4.39 Å². The van der Waals surface area contributed by atoms with Crippen LogP contribution in [0.3, 0.4) is 0 Å². The van der Waals surface area contributed by atoms with E-state index in [0.29, 0.717) is 12.2 Å². The van der Waals surface area contributed by atoms with Crippen molar-refractivity contribution in [3.05, 3.63) is 63.9 Å². The van der Waals surface area contributed by atoms with Gasteiger partial charge in [0.1, 0.15) is 5.82 Å². The third-order valence-corrected chi connectivity index (χ3v) is 3.34. The summed E-state index contributed by atoms with van der Waals surface area (Å²) in [5.41, 5.74) is 8.21. The molecule has 0 unspecified atom stereocenters. The number of hydrogen-bond donors (Lipinski definition) is 1. The number of para-hydroxylation sites is 1. The van der Waals surface area contributed by atoms with Crippen molar-refractivity contribution in [3.63, 3.8) is 0 Å². The number of anilines is 1. The summed E-state index contributed by atoms with van der Waals surface area (Å²) in [5, 5.41) is 0. The normalized spacial score (nSPS) is 10.6. The summed E-state index contributed by atoms with van der Waals surface area (Å²) in [6.07, 6.45) is 0.727. The predicted octanol–water partition coefficient (Wildman–Crippen LogP) is 3.93. The molecule has 4 heteroatoms. The van der Waals surface area contributed by atoms with Crippen LogP contribution in [-0.2, 0) is 17.8 Å². The lowest BCUT2D eigenvalue weighted by Crippen LogP contribution is -2.02. The quantitative estimate of drug-likeness (QED) is 0.668. The molecule has 0 radical (unpaired) electrons. The van der Waals surface area contributed by atoms with Crippen molar-refractivity contribution in [1.82, 2.24) is 0 Å². The number of rotatable bonds is 5. The average Bonchev–Trinajstić information content (AvgIpc) is 2.38. The van der Waals surface area contributed by atoms with Crippen LogP contribution < -0.4 is 5.73 Å². The van der Waals surface area contributed by atoms with Gasteiger partial charge < -0.3 is 10.5 Å². The van der Waals surface area contributed by atoms with Crippen molar-refractivity contribution < 1.29 is 9.13 Å². The zero-order chi connectivity index (χ0) is 13.7. The predicted molar refractivity (Wildman–Crippen MR) is 78.3 cm³/mol. The SMILES string of the molecule is Nc1ccccc1CCOCc1ccc(Br)cc1F. The molecule has 2 N–H and O–H groups in total. The lowest BCUT2D eigenvalue weighted by molar-refractivity contribution is 0.121. The third-order valence-electron chi connectivity index (χ3n) is 2.84. The maximum absolute atomic E-state index is 13.5. The van der Waals surface area contributed by atoms with Crippen LogP contribution >= 0.6 is 15.9 Å².